The zero-order valence-electron chi connectivity index (χ0n) is 16.3. The summed E-state index contributed by atoms with van der Waals surface area (Å²) < 4.78 is 11.5. The summed E-state index contributed by atoms with van der Waals surface area (Å²) in [6.45, 7) is 1.50. The van der Waals surface area contributed by atoms with Gasteiger partial charge in [-0.15, -0.1) is 0 Å². The third kappa shape index (κ3) is 6.44. The van der Waals surface area contributed by atoms with Gasteiger partial charge in [0, 0.05) is 10.6 Å². The highest BCUT2D eigenvalue weighted by Crippen LogP contribution is 2.29. The quantitative estimate of drug-likeness (QED) is 0.715. The van der Waals surface area contributed by atoms with Crippen LogP contribution in [0.2, 0.25) is 5.02 Å². The maximum atomic E-state index is 5.96. The molecule has 3 rings (SSSR count). The van der Waals surface area contributed by atoms with Crippen molar-refractivity contribution < 1.29 is 14.8 Å². The van der Waals surface area contributed by atoms with Crippen LogP contribution in [0.25, 0.3) is 0 Å². The maximum Gasteiger partial charge on any atom is 0.161 e. The second-order valence-corrected chi connectivity index (χ2v) is 7.88. The molecule has 1 aliphatic rings. The van der Waals surface area contributed by atoms with Crippen LogP contribution in [0.5, 0.6) is 11.5 Å². The van der Waals surface area contributed by atoms with Crippen LogP contribution in [-0.4, -0.2) is 13.2 Å². The van der Waals surface area contributed by atoms with Gasteiger partial charge in [-0.1, -0.05) is 43.0 Å². The van der Waals surface area contributed by atoms with Crippen molar-refractivity contribution in [2.24, 2.45) is 0 Å². The highest BCUT2D eigenvalue weighted by Gasteiger charge is 2.14. The molecule has 0 aromatic heterocycles. The topological polar surface area (TPSA) is 35.1 Å². The number of nitrogens with two attached hydrogens (primary N) is 1. The van der Waals surface area contributed by atoms with E-state index in [4.69, 9.17) is 21.1 Å². The van der Waals surface area contributed by atoms with Gasteiger partial charge >= 0.3 is 0 Å². The minimum atomic E-state index is 0.501. The van der Waals surface area contributed by atoms with Crippen LogP contribution in [0.15, 0.2) is 42.5 Å². The van der Waals surface area contributed by atoms with Crippen molar-refractivity contribution in [3.05, 3.63) is 58.6 Å². The van der Waals surface area contributed by atoms with Crippen molar-refractivity contribution in [3.8, 4) is 11.5 Å². The number of ether oxygens (including phenoxy) is 2. The molecular formula is C23H31ClNO2+. The first-order chi connectivity index (χ1) is 13.2. The number of quaternary nitrogens is 1. The van der Waals surface area contributed by atoms with Crippen molar-refractivity contribution in [3.63, 3.8) is 0 Å². The summed E-state index contributed by atoms with van der Waals surface area (Å²) in [5, 5.41) is 3.25. The minimum absolute atomic E-state index is 0.501. The predicted molar refractivity (Wildman–Crippen MR) is 111 cm³/mol. The second-order valence-electron chi connectivity index (χ2n) is 7.45. The first kappa shape index (κ1) is 20.0. The van der Waals surface area contributed by atoms with E-state index in [2.05, 4.69) is 17.4 Å². The SMILES string of the molecule is COc1cc(C[NH2+]C2CCCCCCC2)ccc1OCc1ccc(Cl)cc1. The van der Waals surface area contributed by atoms with Crippen LogP contribution >= 0.6 is 11.6 Å². The normalized spacial score (nSPS) is 15.8. The number of halogens is 1. The minimum Gasteiger partial charge on any atom is -0.493 e. The molecule has 27 heavy (non-hydrogen) atoms. The average molecular weight is 389 g/mol. The van der Waals surface area contributed by atoms with Gasteiger partial charge in [-0.3, -0.25) is 0 Å². The van der Waals surface area contributed by atoms with Crippen molar-refractivity contribution in [1.29, 1.82) is 0 Å². The van der Waals surface area contributed by atoms with Gasteiger partial charge in [0.1, 0.15) is 13.2 Å². The van der Waals surface area contributed by atoms with E-state index in [1.54, 1.807) is 7.11 Å². The van der Waals surface area contributed by atoms with Crippen LogP contribution in [0.1, 0.15) is 56.1 Å². The van der Waals surface area contributed by atoms with E-state index in [0.29, 0.717) is 6.61 Å². The van der Waals surface area contributed by atoms with Crippen LogP contribution in [0, 0.1) is 0 Å². The molecule has 0 unspecified atom stereocenters. The van der Waals surface area contributed by atoms with Crippen LogP contribution in [0.4, 0.5) is 0 Å². The van der Waals surface area contributed by atoms with Crippen LogP contribution < -0.4 is 14.8 Å². The van der Waals surface area contributed by atoms with Crippen molar-refractivity contribution in [1.82, 2.24) is 0 Å². The molecule has 0 heterocycles. The molecule has 2 N–H and O–H groups in total. The van der Waals surface area contributed by atoms with Gasteiger partial charge in [0.2, 0.25) is 0 Å². The molecule has 0 spiro atoms. The molecule has 1 fully saturated rings. The molecular weight excluding hydrogens is 358 g/mol. The standard InChI is InChI=1S/C23H30ClNO2/c1-26-23-15-19(16-25-21-7-5-3-2-4-6-8-21)11-14-22(23)27-17-18-9-12-20(24)13-10-18/h9-15,21,25H,2-8,16-17H2,1H3/p+1. The lowest BCUT2D eigenvalue weighted by molar-refractivity contribution is -0.706. The van der Waals surface area contributed by atoms with E-state index < -0.39 is 0 Å². The number of hydrogen-bond donors (Lipinski definition) is 1. The maximum absolute atomic E-state index is 5.96. The lowest BCUT2D eigenvalue weighted by Gasteiger charge is -2.18. The molecule has 0 amide bonds. The van der Waals surface area contributed by atoms with Gasteiger partial charge in [-0.25, -0.2) is 0 Å². The smallest absolute Gasteiger partial charge is 0.161 e. The van der Waals surface area contributed by atoms with Gasteiger partial charge in [-0.05, 0) is 61.6 Å². The summed E-state index contributed by atoms with van der Waals surface area (Å²) >= 11 is 5.93. The van der Waals surface area contributed by atoms with Gasteiger partial charge in [0.25, 0.3) is 0 Å². The number of hydrogen-bond acceptors (Lipinski definition) is 2. The third-order valence-electron chi connectivity index (χ3n) is 5.37. The largest absolute Gasteiger partial charge is 0.493 e. The molecule has 2 aromatic rings. The lowest BCUT2D eigenvalue weighted by atomic mass is 9.96. The predicted octanol–water partition coefficient (Wildman–Crippen LogP) is 5.10. The molecule has 0 aliphatic heterocycles. The molecule has 0 bridgehead atoms. The number of methoxy groups -OCH3 is 1. The van der Waals surface area contributed by atoms with E-state index in [-0.39, 0.29) is 0 Å². The molecule has 1 saturated carbocycles. The summed E-state index contributed by atoms with van der Waals surface area (Å²) in [4.78, 5) is 0. The lowest BCUT2D eigenvalue weighted by Crippen LogP contribution is -2.88. The van der Waals surface area contributed by atoms with Crippen molar-refractivity contribution in [2.45, 2.75) is 64.1 Å². The molecule has 4 heteroatoms. The van der Waals surface area contributed by atoms with Crippen LogP contribution in [-0.2, 0) is 13.2 Å². The van der Waals surface area contributed by atoms with Crippen molar-refractivity contribution in [2.75, 3.05) is 7.11 Å². The second kappa shape index (κ2) is 10.6. The summed E-state index contributed by atoms with van der Waals surface area (Å²) in [7, 11) is 1.70. The summed E-state index contributed by atoms with van der Waals surface area (Å²) in [6, 6.07) is 14.8. The highest BCUT2D eigenvalue weighted by molar-refractivity contribution is 6.30. The van der Waals surface area contributed by atoms with E-state index in [1.165, 1.54) is 50.5 Å². The summed E-state index contributed by atoms with van der Waals surface area (Å²) in [5.74, 6) is 1.58. The molecule has 0 saturated heterocycles. The van der Waals surface area contributed by atoms with Gasteiger partial charge in [0.15, 0.2) is 11.5 Å². The van der Waals surface area contributed by atoms with Gasteiger partial charge in [-0.2, -0.15) is 0 Å². The van der Waals surface area contributed by atoms with E-state index in [0.717, 1.165) is 34.7 Å². The van der Waals surface area contributed by atoms with Crippen molar-refractivity contribution >= 4 is 11.6 Å². The zero-order valence-corrected chi connectivity index (χ0v) is 17.0. The van der Waals surface area contributed by atoms with Crippen LogP contribution in [0.3, 0.4) is 0 Å². The number of rotatable bonds is 7. The molecule has 0 radical (unpaired) electrons. The fourth-order valence-corrected chi connectivity index (χ4v) is 3.85. The molecule has 0 atom stereocenters. The van der Waals surface area contributed by atoms with E-state index in [9.17, 15) is 0 Å². The Balaban J connectivity index is 1.55. The summed E-state index contributed by atoms with van der Waals surface area (Å²) in [6.07, 6.45) is 9.67. The fourth-order valence-electron chi connectivity index (χ4n) is 3.73. The molecule has 2 aromatic carbocycles. The Labute approximate surface area is 168 Å². The Morgan fingerprint density at radius 2 is 1.56 bits per heavy atom. The Hall–Kier alpha value is -1.71. The number of benzene rings is 2. The van der Waals surface area contributed by atoms with Gasteiger partial charge in [0.05, 0.1) is 13.2 Å². The zero-order chi connectivity index (χ0) is 18.9. The van der Waals surface area contributed by atoms with E-state index >= 15 is 0 Å². The van der Waals surface area contributed by atoms with E-state index in [1.807, 2.05) is 30.3 Å². The molecule has 3 nitrogen and oxygen atoms in total. The Morgan fingerprint density at radius 1 is 0.889 bits per heavy atom. The summed E-state index contributed by atoms with van der Waals surface area (Å²) in [5.41, 5.74) is 2.37. The Morgan fingerprint density at radius 3 is 2.26 bits per heavy atom. The Bertz CT molecular complexity index is 694. The first-order valence-corrected chi connectivity index (χ1v) is 10.5. The first-order valence-electron chi connectivity index (χ1n) is 10.1. The average Bonchev–Trinajstić information content (AvgIpc) is 2.67. The molecule has 1 aliphatic carbocycles. The highest BCUT2D eigenvalue weighted by atomic mass is 35.5. The molecule has 146 valence electrons. The fraction of sp³-hybridized carbons (Fsp3) is 0.478. The monoisotopic (exact) mass is 388 g/mol. The van der Waals surface area contributed by atoms with Gasteiger partial charge < -0.3 is 14.8 Å². The Kier molecular flexibility index (Phi) is 7.85. The third-order valence-corrected chi connectivity index (χ3v) is 5.62.